The van der Waals surface area contributed by atoms with Crippen LogP contribution >= 0.6 is 0 Å². The summed E-state index contributed by atoms with van der Waals surface area (Å²) in [7, 11) is 1.76. The zero-order chi connectivity index (χ0) is 22.9. The van der Waals surface area contributed by atoms with Crippen molar-refractivity contribution in [2.75, 3.05) is 44.0 Å². The topological polar surface area (TPSA) is 140 Å². The van der Waals surface area contributed by atoms with Crippen molar-refractivity contribution in [3.63, 3.8) is 0 Å². The highest BCUT2D eigenvalue weighted by molar-refractivity contribution is 5.81. The molecule has 11 nitrogen and oxygen atoms in total. The molecule has 3 aliphatic rings. The molecule has 2 aromatic heterocycles. The number of likely N-dealkylation sites (N-methyl/N-ethyl adjacent to an activating group) is 1. The average molecular weight is 456 g/mol. The second kappa shape index (κ2) is 9.06. The van der Waals surface area contributed by atoms with Gasteiger partial charge in [-0.1, -0.05) is 0 Å². The Balaban J connectivity index is 1.28. The summed E-state index contributed by atoms with van der Waals surface area (Å²) in [5, 5.41) is 10.1. The minimum absolute atomic E-state index is 0.0569. The van der Waals surface area contributed by atoms with E-state index in [1.54, 1.807) is 30.4 Å². The fourth-order valence-corrected chi connectivity index (χ4v) is 4.12. The van der Waals surface area contributed by atoms with Crippen molar-refractivity contribution in [3.05, 3.63) is 18.5 Å². The van der Waals surface area contributed by atoms with Crippen LogP contribution in [0.2, 0.25) is 0 Å². The van der Waals surface area contributed by atoms with Gasteiger partial charge in [-0.3, -0.25) is 4.79 Å². The smallest absolute Gasteiger partial charge is 0.251 e. The molecule has 33 heavy (non-hydrogen) atoms. The Morgan fingerprint density at radius 2 is 1.94 bits per heavy atom. The maximum atomic E-state index is 12.4. The van der Waals surface area contributed by atoms with E-state index in [0.717, 1.165) is 18.4 Å². The van der Waals surface area contributed by atoms with Crippen molar-refractivity contribution in [2.45, 2.75) is 43.9 Å². The first-order chi connectivity index (χ1) is 16.0. The summed E-state index contributed by atoms with van der Waals surface area (Å²) in [6.45, 7) is 2.63. The molecule has 2 saturated carbocycles. The summed E-state index contributed by atoms with van der Waals surface area (Å²) < 4.78 is 11.6. The third-order valence-corrected chi connectivity index (χ3v) is 6.53. The van der Waals surface area contributed by atoms with Gasteiger partial charge >= 0.3 is 0 Å². The number of rotatable bonds is 7. The van der Waals surface area contributed by atoms with Crippen molar-refractivity contribution >= 4 is 17.8 Å². The van der Waals surface area contributed by atoms with Gasteiger partial charge in [-0.2, -0.15) is 4.98 Å². The van der Waals surface area contributed by atoms with Crippen molar-refractivity contribution < 1.29 is 19.4 Å². The van der Waals surface area contributed by atoms with E-state index in [1.165, 1.54) is 0 Å². The zero-order valence-corrected chi connectivity index (χ0v) is 18.6. The molecule has 0 radical (unpaired) electrons. The number of nitrogens with two attached hydrogens (primary N) is 1. The molecule has 1 aliphatic heterocycles. The summed E-state index contributed by atoms with van der Waals surface area (Å²) in [5.74, 6) is 1.17. The van der Waals surface area contributed by atoms with Crippen molar-refractivity contribution in [1.29, 1.82) is 0 Å². The standard InChI is InChI=1S/C22H29N7O4/c1-28(20(31)19(30)13-2-3-13)15-8-16(9-15)33-18-10-17(14-11-24-21(23)25-12-14)26-22(27-18)29-4-6-32-7-5-29/h10-13,15-16,19,30H,2-9H2,1H3,(H2,23,24,25)/t15?,16?,19-/m0/s1. The number of aromatic nitrogens is 4. The average Bonchev–Trinajstić information content (AvgIpc) is 3.66. The summed E-state index contributed by atoms with van der Waals surface area (Å²) in [6, 6.07) is 1.83. The molecule has 3 heterocycles. The van der Waals surface area contributed by atoms with E-state index in [2.05, 4.69) is 19.9 Å². The summed E-state index contributed by atoms with van der Waals surface area (Å²) >= 11 is 0. The highest BCUT2D eigenvalue weighted by Crippen LogP contribution is 2.35. The van der Waals surface area contributed by atoms with Crippen LogP contribution in [0.5, 0.6) is 5.88 Å². The molecule has 1 saturated heterocycles. The van der Waals surface area contributed by atoms with Crippen LogP contribution < -0.4 is 15.4 Å². The molecule has 0 spiro atoms. The van der Waals surface area contributed by atoms with Crippen LogP contribution in [0.25, 0.3) is 11.3 Å². The summed E-state index contributed by atoms with van der Waals surface area (Å²) in [5.41, 5.74) is 6.99. The normalized spacial score (nSPS) is 23.5. The lowest BCUT2D eigenvalue weighted by Crippen LogP contribution is -2.52. The number of nitrogen functional groups attached to an aromatic ring is 1. The number of nitrogens with zero attached hydrogens (tertiary/aromatic N) is 6. The third kappa shape index (κ3) is 4.83. The third-order valence-electron chi connectivity index (χ3n) is 6.53. The highest BCUT2D eigenvalue weighted by Gasteiger charge is 2.41. The predicted octanol–water partition coefficient (Wildman–Crippen LogP) is 0.492. The largest absolute Gasteiger partial charge is 0.474 e. The quantitative estimate of drug-likeness (QED) is 0.606. The molecule has 0 unspecified atom stereocenters. The fraction of sp³-hybridized carbons (Fsp3) is 0.591. The second-order valence-corrected chi connectivity index (χ2v) is 8.92. The number of aliphatic hydroxyl groups is 1. The van der Waals surface area contributed by atoms with Gasteiger partial charge < -0.3 is 30.1 Å². The molecule has 2 aromatic rings. The van der Waals surface area contributed by atoms with E-state index < -0.39 is 6.10 Å². The van der Waals surface area contributed by atoms with E-state index in [1.807, 2.05) is 0 Å². The first-order valence-corrected chi connectivity index (χ1v) is 11.4. The Kier molecular flexibility index (Phi) is 5.98. The Morgan fingerprint density at radius 3 is 2.61 bits per heavy atom. The molecule has 2 aliphatic carbocycles. The minimum Gasteiger partial charge on any atom is -0.474 e. The second-order valence-electron chi connectivity index (χ2n) is 8.92. The maximum Gasteiger partial charge on any atom is 0.251 e. The van der Waals surface area contributed by atoms with Crippen LogP contribution in [0.4, 0.5) is 11.9 Å². The zero-order valence-electron chi connectivity index (χ0n) is 18.6. The van der Waals surface area contributed by atoms with Crippen LogP contribution in [0, 0.1) is 5.92 Å². The Morgan fingerprint density at radius 1 is 1.24 bits per heavy atom. The molecule has 0 bridgehead atoms. The molecule has 3 N–H and O–H groups in total. The number of hydrogen-bond acceptors (Lipinski definition) is 10. The van der Waals surface area contributed by atoms with Crippen LogP contribution in [0.15, 0.2) is 18.5 Å². The lowest BCUT2D eigenvalue weighted by atomic mass is 9.87. The number of morpholine rings is 1. The van der Waals surface area contributed by atoms with Crippen LogP contribution in [0.1, 0.15) is 25.7 Å². The fourth-order valence-electron chi connectivity index (χ4n) is 4.12. The van der Waals surface area contributed by atoms with Gasteiger partial charge in [0.15, 0.2) is 0 Å². The van der Waals surface area contributed by atoms with E-state index >= 15 is 0 Å². The van der Waals surface area contributed by atoms with Crippen molar-refractivity contribution in [3.8, 4) is 17.1 Å². The minimum atomic E-state index is -0.877. The van der Waals surface area contributed by atoms with Gasteiger partial charge in [0.2, 0.25) is 17.8 Å². The van der Waals surface area contributed by atoms with Gasteiger partial charge in [-0.15, -0.1) is 0 Å². The summed E-state index contributed by atoms with van der Waals surface area (Å²) in [4.78, 5) is 33.6. The van der Waals surface area contributed by atoms with Gasteiger partial charge in [-0.25, -0.2) is 15.0 Å². The number of anilines is 2. The molecule has 1 atom stereocenters. The molecular formula is C22H29N7O4. The number of carbonyl (C=O) groups is 1. The first-order valence-electron chi connectivity index (χ1n) is 11.4. The maximum absolute atomic E-state index is 12.4. The number of hydrogen-bond donors (Lipinski definition) is 2. The molecule has 176 valence electrons. The number of amides is 1. The van der Waals surface area contributed by atoms with Crippen LogP contribution in [-0.2, 0) is 9.53 Å². The molecule has 1 amide bonds. The summed E-state index contributed by atoms with van der Waals surface area (Å²) in [6.07, 6.45) is 5.55. The molecule has 0 aromatic carbocycles. The number of aliphatic hydroxyl groups excluding tert-OH is 1. The lowest BCUT2D eigenvalue weighted by molar-refractivity contribution is -0.145. The Hall–Kier alpha value is -3.05. The van der Waals surface area contributed by atoms with Crippen LogP contribution in [-0.4, -0.2) is 87.5 Å². The first kappa shape index (κ1) is 21.8. The monoisotopic (exact) mass is 455 g/mol. The number of ether oxygens (including phenoxy) is 2. The van der Waals surface area contributed by atoms with Gasteiger partial charge in [0.05, 0.1) is 18.9 Å². The van der Waals surface area contributed by atoms with Crippen molar-refractivity contribution in [2.24, 2.45) is 5.92 Å². The van der Waals surface area contributed by atoms with E-state index in [9.17, 15) is 9.90 Å². The van der Waals surface area contributed by atoms with Crippen LogP contribution in [0.3, 0.4) is 0 Å². The highest BCUT2D eigenvalue weighted by atomic mass is 16.5. The van der Waals surface area contributed by atoms with E-state index in [-0.39, 0.29) is 29.9 Å². The van der Waals surface area contributed by atoms with Gasteiger partial charge in [-0.05, 0) is 18.8 Å². The van der Waals surface area contributed by atoms with Gasteiger partial charge in [0.1, 0.15) is 12.2 Å². The van der Waals surface area contributed by atoms with Crippen molar-refractivity contribution in [1.82, 2.24) is 24.8 Å². The molecular weight excluding hydrogens is 426 g/mol. The van der Waals surface area contributed by atoms with E-state index in [0.29, 0.717) is 56.7 Å². The van der Waals surface area contributed by atoms with Gasteiger partial charge in [0.25, 0.3) is 5.91 Å². The predicted molar refractivity (Wildman–Crippen MR) is 119 cm³/mol. The van der Waals surface area contributed by atoms with E-state index in [4.69, 9.17) is 20.2 Å². The van der Waals surface area contributed by atoms with Gasteiger partial charge in [0, 0.05) is 63.0 Å². The SMILES string of the molecule is CN(C(=O)[C@@H](O)C1CC1)C1CC(Oc2cc(-c3cnc(N)nc3)nc(N3CCOCC3)n2)C1. The number of carbonyl (C=O) groups excluding carboxylic acids is 1. The molecule has 5 rings (SSSR count). The Bertz CT molecular complexity index is 989. The molecule has 11 heteroatoms. The Labute approximate surface area is 192 Å². The lowest BCUT2D eigenvalue weighted by Gasteiger charge is -2.41. The molecule has 3 fully saturated rings.